The van der Waals surface area contributed by atoms with Crippen LogP contribution in [0.25, 0.3) is 17.1 Å². The van der Waals surface area contributed by atoms with E-state index in [4.69, 9.17) is 10.5 Å². The van der Waals surface area contributed by atoms with Gasteiger partial charge in [0.2, 0.25) is 11.6 Å². The standard InChI is InChI=1S/C22H22N8O3/c1-13(2)32-17-10-6-15(7-11-17)12-24-26-22(31)18-19(16-8-4-14(3)5-9-16)30(29-25-18)21-20(23)27-33-28-21/h4-13H,1-3H3,(H2,23,27)(H,26,31)/b24-12+. The minimum atomic E-state index is -0.553. The molecule has 33 heavy (non-hydrogen) atoms. The lowest BCUT2D eigenvalue weighted by atomic mass is 10.1. The molecule has 0 bridgehead atoms. The molecule has 2 aromatic carbocycles. The number of hydrogen-bond donors (Lipinski definition) is 2. The molecular formula is C22H22N8O3. The molecule has 0 fully saturated rings. The number of aryl methyl sites for hydroxylation is 1. The van der Waals surface area contributed by atoms with Crippen LogP contribution in [0, 0.1) is 6.92 Å². The average Bonchev–Trinajstić information content (AvgIpc) is 3.41. The first-order chi connectivity index (χ1) is 15.9. The molecular weight excluding hydrogens is 424 g/mol. The highest BCUT2D eigenvalue weighted by Crippen LogP contribution is 2.26. The predicted molar refractivity (Wildman–Crippen MR) is 121 cm³/mol. The monoisotopic (exact) mass is 446 g/mol. The minimum absolute atomic E-state index is 0.0168. The Morgan fingerprint density at radius 1 is 1.15 bits per heavy atom. The first kappa shape index (κ1) is 21.7. The number of amides is 1. The Kier molecular flexibility index (Phi) is 6.11. The van der Waals surface area contributed by atoms with Gasteiger partial charge in [0, 0.05) is 5.56 Å². The number of ether oxygens (including phenoxy) is 1. The van der Waals surface area contributed by atoms with Gasteiger partial charge in [-0.25, -0.2) is 10.1 Å². The molecule has 3 N–H and O–H groups in total. The zero-order valence-corrected chi connectivity index (χ0v) is 18.3. The summed E-state index contributed by atoms with van der Waals surface area (Å²) in [5, 5.41) is 19.4. The quantitative estimate of drug-likeness (QED) is 0.325. The number of nitrogens with two attached hydrogens (primary N) is 1. The molecule has 2 aromatic heterocycles. The number of hydrazone groups is 1. The number of nitrogens with zero attached hydrogens (tertiary/aromatic N) is 6. The fourth-order valence-corrected chi connectivity index (χ4v) is 3.01. The molecule has 0 saturated heterocycles. The molecule has 0 atom stereocenters. The topological polar surface area (TPSA) is 146 Å². The summed E-state index contributed by atoms with van der Waals surface area (Å²) < 4.78 is 11.6. The van der Waals surface area contributed by atoms with Crippen molar-refractivity contribution in [2.75, 3.05) is 5.73 Å². The van der Waals surface area contributed by atoms with E-state index >= 15 is 0 Å². The lowest BCUT2D eigenvalue weighted by Gasteiger charge is -2.09. The van der Waals surface area contributed by atoms with E-state index in [1.54, 1.807) is 0 Å². The zero-order chi connectivity index (χ0) is 23.4. The van der Waals surface area contributed by atoms with Crippen LogP contribution in [-0.4, -0.2) is 43.5 Å². The van der Waals surface area contributed by atoms with Crippen LogP contribution in [0.5, 0.6) is 5.75 Å². The van der Waals surface area contributed by atoms with Crippen molar-refractivity contribution in [1.29, 1.82) is 0 Å². The third-order valence-electron chi connectivity index (χ3n) is 4.54. The Labute approximate surface area is 189 Å². The van der Waals surface area contributed by atoms with Crippen molar-refractivity contribution in [2.45, 2.75) is 26.9 Å². The maximum Gasteiger partial charge on any atom is 0.294 e. The molecule has 0 spiro atoms. The summed E-state index contributed by atoms with van der Waals surface area (Å²) in [6.07, 6.45) is 1.61. The number of nitrogen functional groups attached to an aromatic ring is 1. The number of carbonyl (C=O) groups is 1. The first-order valence-corrected chi connectivity index (χ1v) is 10.1. The van der Waals surface area contributed by atoms with Gasteiger partial charge < -0.3 is 10.5 Å². The molecule has 0 radical (unpaired) electrons. The highest BCUT2D eigenvalue weighted by Gasteiger charge is 2.25. The number of hydrogen-bond acceptors (Lipinski definition) is 9. The molecule has 0 saturated carbocycles. The summed E-state index contributed by atoms with van der Waals surface area (Å²) >= 11 is 0. The third kappa shape index (κ3) is 4.87. The van der Waals surface area contributed by atoms with E-state index < -0.39 is 5.91 Å². The predicted octanol–water partition coefficient (Wildman–Crippen LogP) is 2.76. The molecule has 11 heteroatoms. The highest BCUT2D eigenvalue weighted by atomic mass is 16.6. The number of nitrogens with one attached hydrogen (secondary N) is 1. The number of anilines is 1. The van der Waals surface area contributed by atoms with Gasteiger partial charge in [-0.15, -0.1) is 5.10 Å². The van der Waals surface area contributed by atoms with Crippen molar-refractivity contribution in [3.63, 3.8) is 0 Å². The van der Waals surface area contributed by atoms with Gasteiger partial charge in [-0.1, -0.05) is 35.0 Å². The zero-order valence-electron chi connectivity index (χ0n) is 18.3. The van der Waals surface area contributed by atoms with E-state index in [2.05, 4.69) is 35.8 Å². The Morgan fingerprint density at radius 2 is 1.88 bits per heavy atom. The highest BCUT2D eigenvalue weighted by molar-refractivity contribution is 5.98. The summed E-state index contributed by atoms with van der Waals surface area (Å²) in [7, 11) is 0. The summed E-state index contributed by atoms with van der Waals surface area (Å²) in [4.78, 5) is 12.9. The first-order valence-electron chi connectivity index (χ1n) is 10.1. The van der Waals surface area contributed by atoms with Crippen LogP contribution >= 0.6 is 0 Å². The summed E-state index contributed by atoms with van der Waals surface area (Å²) in [6.45, 7) is 5.88. The normalized spacial score (nSPS) is 11.3. The second kappa shape index (κ2) is 9.30. The van der Waals surface area contributed by atoms with Gasteiger partial charge >= 0.3 is 0 Å². The maximum absolute atomic E-state index is 12.9. The number of carbonyl (C=O) groups excluding carboxylic acids is 1. The molecule has 0 aliphatic carbocycles. The van der Waals surface area contributed by atoms with E-state index in [-0.39, 0.29) is 23.4 Å². The maximum atomic E-state index is 12.9. The Hall–Kier alpha value is -4.54. The van der Waals surface area contributed by atoms with E-state index in [0.717, 1.165) is 16.9 Å². The van der Waals surface area contributed by atoms with Crippen LogP contribution in [0.4, 0.5) is 5.82 Å². The van der Waals surface area contributed by atoms with E-state index in [1.165, 1.54) is 10.9 Å². The third-order valence-corrected chi connectivity index (χ3v) is 4.54. The summed E-state index contributed by atoms with van der Waals surface area (Å²) in [5.41, 5.74) is 11.2. The van der Waals surface area contributed by atoms with Gasteiger partial charge in [-0.05, 0) is 60.9 Å². The molecule has 4 aromatic rings. The van der Waals surface area contributed by atoms with Crippen molar-refractivity contribution < 1.29 is 14.2 Å². The number of benzene rings is 2. The molecule has 0 unspecified atom stereocenters. The smallest absolute Gasteiger partial charge is 0.294 e. The van der Waals surface area contributed by atoms with Crippen LogP contribution in [-0.2, 0) is 0 Å². The van der Waals surface area contributed by atoms with Crippen molar-refractivity contribution in [1.82, 2.24) is 30.7 Å². The molecule has 1 amide bonds. The van der Waals surface area contributed by atoms with Gasteiger partial charge in [0.25, 0.3) is 5.91 Å². The fraction of sp³-hybridized carbons (Fsp3) is 0.182. The van der Waals surface area contributed by atoms with Crippen LogP contribution in [0.1, 0.15) is 35.5 Å². The molecule has 2 heterocycles. The molecule has 0 aliphatic heterocycles. The SMILES string of the molecule is Cc1ccc(-c2c(C(=O)N/N=C/c3ccc(OC(C)C)cc3)nnn2-c2nonc2N)cc1. The number of aromatic nitrogens is 5. The Bertz CT molecular complexity index is 1270. The fourth-order valence-electron chi connectivity index (χ4n) is 3.01. The van der Waals surface area contributed by atoms with E-state index in [9.17, 15) is 4.79 Å². The van der Waals surface area contributed by atoms with Crippen molar-refractivity contribution in [3.8, 4) is 22.8 Å². The minimum Gasteiger partial charge on any atom is -0.491 e. The summed E-state index contributed by atoms with van der Waals surface area (Å²) in [5.74, 6) is 0.350. The van der Waals surface area contributed by atoms with E-state index in [0.29, 0.717) is 11.3 Å². The van der Waals surface area contributed by atoms with E-state index in [1.807, 2.05) is 69.3 Å². The van der Waals surface area contributed by atoms with Crippen molar-refractivity contribution >= 4 is 17.9 Å². The second-order valence-corrected chi connectivity index (χ2v) is 7.47. The van der Waals surface area contributed by atoms with Crippen LogP contribution in [0.15, 0.2) is 58.3 Å². The number of rotatable bonds is 7. The molecule has 168 valence electrons. The van der Waals surface area contributed by atoms with Gasteiger partial charge in [0.05, 0.1) is 12.3 Å². The van der Waals surface area contributed by atoms with Gasteiger partial charge in [0.1, 0.15) is 11.4 Å². The Balaban J connectivity index is 1.58. The summed E-state index contributed by atoms with van der Waals surface area (Å²) in [6, 6.07) is 14.8. The van der Waals surface area contributed by atoms with Crippen molar-refractivity contribution in [3.05, 3.63) is 65.4 Å². The average molecular weight is 446 g/mol. The van der Waals surface area contributed by atoms with Crippen LogP contribution in [0.2, 0.25) is 0 Å². The van der Waals surface area contributed by atoms with Crippen molar-refractivity contribution in [2.24, 2.45) is 5.10 Å². The Morgan fingerprint density at radius 3 is 2.52 bits per heavy atom. The second-order valence-electron chi connectivity index (χ2n) is 7.47. The molecule has 11 nitrogen and oxygen atoms in total. The molecule has 0 aliphatic rings. The van der Waals surface area contributed by atoms with Gasteiger partial charge in [-0.3, -0.25) is 4.79 Å². The largest absolute Gasteiger partial charge is 0.491 e. The van der Waals surface area contributed by atoms with Crippen LogP contribution < -0.4 is 15.9 Å². The van der Waals surface area contributed by atoms with Crippen LogP contribution in [0.3, 0.4) is 0 Å². The van der Waals surface area contributed by atoms with Gasteiger partial charge in [-0.2, -0.15) is 9.78 Å². The lowest BCUT2D eigenvalue weighted by Crippen LogP contribution is -2.19. The lowest BCUT2D eigenvalue weighted by molar-refractivity contribution is 0.0950. The van der Waals surface area contributed by atoms with Gasteiger partial charge in [0.15, 0.2) is 5.69 Å². The molecule has 4 rings (SSSR count).